The number of anilines is 1. The molecule has 3 rings (SSSR count). The number of carboxylic acid groups (broad SMARTS) is 1. The van der Waals surface area contributed by atoms with Crippen molar-refractivity contribution < 1.29 is 24.3 Å². The first-order valence-corrected chi connectivity index (χ1v) is 8.97. The van der Waals surface area contributed by atoms with Crippen molar-refractivity contribution in [1.82, 2.24) is 10.2 Å². The molecule has 2 heterocycles. The maximum absolute atomic E-state index is 11.5. The zero-order valence-electron chi connectivity index (χ0n) is 13.4. The third kappa shape index (κ3) is 3.69. The van der Waals surface area contributed by atoms with Gasteiger partial charge in [-0.1, -0.05) is 29.2 Å². The zero-order valence-corrected chi connectivity index (χ0v) is 15.1. The van der Waals surface area contributed by atoms with E-state index in [1.165, 1.54) is 30.2 Å². The Bertz CT molecular complexity index is 863. The number of carboxylic acids is 1. The lowest BCUT2D eigenvalue weighted by Crippen LogP contribution is -2.40. The lowest BCUT2D eigenvalue weighted by atomic mass is 9.77. The third-order valence-electron chi connectivity index (χ3n) is 3.51. The number of hydrogen-bond acceptors (Lipinski definition) is 9. The molecule has 1 aromatic carbocycles. The van der Waals surface area contributed by atoms with Crippen LogP contribution in [0.4, 0.5) is 5.13 Å². The van der Waals surface area contributed by atoms with E-state index in [-0.39, 0.29) is 23.0 Å². The number of hydrogen-bond donors (Lipinski definition) is 5. The first-order valence-electron chi connectivity index (χ1n) is 7.28. The number of ether oxygens (including phenoxy) is 1. The minimum Gasteiger partial charge on any atom is -0.534 e. The number of nitrogens with two attached hydrogens (primary N) is 1. The summed E-state index contributed by atoms with van der Waals surface area (Å²) in [5.41, 5.74) is 5.78. The molecule has 0 amide bonds. The molecule has 13 heteroatoms. The van der Waals surface area contributed by atoms with E-state index in [4.69, 9.17) is 20.5 Å². The van der Waals surface area contributed by atoms with Gasteiger partial charge in [0, 0.05) is 0 Å². The van der Waals surface area contributed by atoms with Crippen LogP contribution in [0.15, 0.2) is 16.5 Å². The fourth-order valence-electron chi connectivity index (χ4n) is 2.44. The maximum Gasteiger partial charge on any atom is 0.537 e. The molecule has 10 nitrogen and oxygen atoms in total. The minimum atomic E-state index is -1.23. The molecule has 1 aliphatic rings. The van der Waals surface area contributed by atoms with Crippen molar-refractivity contribution in [3.8, 4) is 11.5 Å². The fraction of sp³-hybridized carbons (Fsp3) is 0.231. The quantitative estimate of drug-likeness (QED) is 0.276. The number of guanidine groups is 1. The van der Waals surface area contributed by atoms with E-state index >= 15 is 0 Å². The number of aromatic carboxylic acids is 1. The van der Waals surface area contributed by atoms with Gasteiger partial charge in [0.25, 0.3) is 0 Å². The summed E-state index contributed by atoms with van der Waals surface area (Å²) in [4.78, 5) is 11.5. The first kappa shape index (κ1) is 18.3. The molecule has 0 fully saturated rings. The molecule has 0 aliphatic carbocycles. The number of methoxy groups -OCH3 is 1. The average Bonchev–Trinajstić information content (AvgIpc) is 3.00. The Morgan fingerprint density at radius 2 is 2.35 bits per heavy atom. The van der Waals surface area contributed by atoms with Crippen molar-refractivity contribution in [1.29, 1.82) is 5.41 Å². The molecule has 6 N–H and O–H groups in total. The fourth-order valence-corrected chi connectivity index (χ4v) is 4.51. The number of nitrogens with one attached hydrogen (secondary N) is 2. The van der Waals surface area contributed by atoms with Crippen molar-refractivity contribution in [2.75, 3.05) is 12.4 Å². The van der Waals surface area contributed by atoms with Crippen LogP contribution in [0.1, 0.15) is 15.9 Å². The summed E-state index contributed by atoms with van der Waals surface area (Å²) < 4.78 is 11.1. The molecule has 0 unspecified atom stereocenters. The summed E-state index contributed by atoms with van der Waals surface area (Å²) in [6.45, 7) is 0. The Hall–Kier alpha value is -2.51. The molecule has 26 heavy (non-hydrogen) atoms. The molecule has 1 aliphatic heterocycles. The van der Waals surface area contributed by atoms with E-state index in [9.17, 15) is 14.9 Å². The number of aromatic nitrogens is 2. The molecule has 1 aromatic heterocycles. The highest BCUT2D eigenvalue weighted by Crippen LogP contribution is 2.40. The van der Waals surface area contributed by atoms with Gasteiger partial charge in [-0.25, -0.2) is 4.79 Å². The molecule has 0 radical (unpaired) electrons. The summed E-state index contributed by atoms with van der Waals surface area (Å²) in [5, 5.41) is 37.2. The molecule has 0 bridgehead atoms. The second-order valence-corrected chi connectivity index (χ2v) is 7.68. The van der Waals surface area contributed by atoms with Gasteiger partial charge in [-0.05, 0) is 18.1 Å². The van der Waals surface area contributed by atoms with Gasteiger partial charge in [0.05, 0.1) is 12.3 Å². The predicted octanol–water partition coefficient (Wildman–Crippen LogP) is 0.666. The highest BCUT2D eigenvalue weighted by molar-refractivity contribution is 8.02. The van der Waals surface area contributed by atoms with Gasteiger partial charge in [0.1, 0.15) is 17.1 Å². The Morgan fingerprint density at radius 1 is 1.58 bits per heavy atom. The summed E-state index contributed by atoms with van der Waals surface area (Å²) in [7, 11) is 0.139. The molecular weight excluding hydrogens is 381 g/mol. The SMILES string of the molecule is COc1ccc2c(c1C(=O)O)OB(O)[C@@H](Sc1nnc(NC(=N)N)s1)C2. The molecule has 0 spiro atoms. The van der Waals surface area contributed by atoms with Crippen molar-refractivity contribution >= 4 is 47.3 Å². The van der Waals surface area contributed by atoms with Gasteiger partial charge in [0.2, 0.25) is 5.13 Å². The van der Waals surface area contributed by atoms with Gasteiger partial charge >= 0.3 is 13.1 Å². The number of carbonyl (C=O) groups is 1. The normalized spacial score (nSPS) is 15.8. The van der Waals surface area contributed by atoms with E-state index in [0.29, 0.717) is 21.5 Å². The Morgan fingerprint density at radius 3 is 3.00 bits per heavy atom. The van der Waals surface area contributed by atoms with E-state index in [1.807, 2.05) is 0 Å². The monoisotopic (exact) mass is 395 g/mol. The number of fused-ring (bicyclic) bond motifs is 1. The Kier molecular flexibility index (Phi) is 5.20. The lowest BCUT2D eigenvalue weighted by molar-refractivity contribution is 0.0690. The van der Waals surface area contributed by atoms with Gasteiger partial charge in [-0.15, -0.1) is 10.2 Å². The largest absolute Gasteiger partial charge is 0.537 e. The molecule has 0 saturated heterocycles. The summed E-state index contributed by atoms with van der Waals surface area (Å²) in [6, 6.07) is 3.27. The average molecular weight is 395 g/mol. The van der Waals surface area contributed by atoms with Crippen LogP contribution in [0.5, 0.6) is 11.5 Å². The predicted molar refractivity (Wildman–Crippen MR) is 97.3 cm³/mol. The summed E-state index contributed by atoms with van der Waals surface area (Å²) in [5.74, 6) is -1.17. The van der Waals surface area contributed by atoms with Crippen LogP contribution in [0.2, 0.25) is 0 Å². The number of nitrogens with zero attached hydrogens (tertiary/aromatic N) is 2. The Balaban J connectivity index is 1.82. The van der Waals surface area contributed by atoms with Crippen LogP contribution < -0.4 is 20.4 Å². The first-order chi connectivity index (χ1) is 12.4. The molecule has 136 valence electrons. The molecular formula is C13H14BN5O5S2. The smallest absolute Gasteiger partial charge is 0.534 e. The van der Waals surface area contributed by atoms with Gasteiger partial charge in [-0.3, -0.25) is 5.41 Å². The van der Waals surface area contributed by atoms with Gasteiger partial charge in [-0.2, -0.15) is 0 Å². The second kappa shape index (κ2) is 7.39. The van der Waals surface area contributed by atoms with Crippen molar-refractivity contribution in [2.45, 2.75) is 15.9 Å². The molecule has 0 saturated carbocycles. The Labute approximate surface area is 156 Å². The van der Waals surface area contributed by atoms with Crippen LogP contribution in [0.3, 0.4) is 0 Å². The number of thioether (sulfide) groups is 1. The van der Waals surface area contributed by atoms with E-state index in [2.05, 4.69) is 15.5 Å². The van der Waals surface area contributed by atoms with Crippen LogP contribution in [0.25, 0.3) is 0 Å². The van der Waals surface area contributed by atoms with Crippen LogP contribution >= 0.6 is 23.1 Å². The maximum atomic E-state index is 11.5. The summed E-state index contributed by atoms with van der Waals surface area (Å²) in [6.07, 6.45) is 0.375. The molecule has 1 atom stereocenters. The van der Waals surface area contributed by atoms with E-state index < -0.39 is 18.2 Å². The van der Waals surface area contributed by atoms with Crippen LogP contribution in [-0.2, 0) is 6.42 Å². The third-order valence-corrected chi connectivity index (χ3v) is 5.67. The standard InChI is InChI=1S/C13H14BN5O5S2/c1-23-6-3-2-5-4-7(14(22)24-9(5)8(6)10(20)21)25-13-19-18-12(26-13)17-11(15)16/h2-3,7,22H,4H2,1H3,(H,20,21)(H4,15,16,17,18)/t7-/m0/s1. The number of rotatable bonds is 5. The van der Waals surface area contributed by atoms with Gasteiger partial charge < -0.3 is 30.6 Å². The second-order valence-electron chi connectivity index (χ2n) is 5.22. The van der Waals surface area contributed by atoms with E-state index in [0.717, 1.165) is 0 Å². The van der Waals surface area contributed by atoms with Crippen LogP contribution in [-0.4, -0.2) is 51.6 Å². The number of benzene rings is 1. The minimum absolute atomic E-state index is 0.109. The zero-order chi connectivity index (χ0) is 18.8. The van der Waals surface area contributed by atoms with Crippen molar-refractivity contribution in [3.05, 3.63) is 23.3 Å². The van der Waals surface area contributed by atoms with Gasteiger partial charge in [0.15, 0.2) is 10.3 Å². The highest BCUT2D eigenvalue weighted by Gasteiger charge is 2.39. The van der Waals surface area contributed by atoms with Crippen molar-refractivity contribution in [2.24, 2.45) is 5.73 Å². The van der Waals surface area contributed by atoms with Crippen molar-refractivity contribution in [3.63, 3.8) is 0 Å². The highest BCUT2D eigenvalue weighted by atomic mass is 32.2. The lowest BCUT2D eigenvalue weighted by Gasteiger charge is -2.27. The van der Waals surface area contributed by atoms with Crippen LogP contribution in [0, 0.1) is 5.41 Å². The molecule has 2 aromatic rings. The summed E-state index contributed by atoms with van der Waals surface area (Å²) >= 11 is 2.43. The van der Waals surface area contributed by atoms with E-state index in [1.54, 1.807) is 12.1 Å². The topological polar surface area (TPSA) is 164 Å².